The molecule has 1 atom stereocenters. The lowest BCUT2D eigenvalue weighted by Gasteiger charge is -2.48. The summed E-state index contributed by atoms with van der Waals surface area (Å²) >= 11 is 0. The third-order valence-corrected chi connectivity index (χ3v) is 6.03. The molecule has 29 heavy (non-hydrogen) atoms. The Labute approximate surface area is 171 Å². The van der Waals surface area contributed by atoms with Crippen LogP contribution in [-0.2, 0) is 11.3 Å². The standard InChI is InChI=1S/C22H26N6O/c1-16-4-5-18(10-23)21(26-16)27-9-3-7-22(14-27)8-6-20(29)28(15-22)13-19-12-24-17(2)11-25-19/h4-5,11-12H,3,6-9,13-15H2,1-2H3/t22-/m0/s1. The highest BCUT2D eigenvalue weighted by molar-refractivity contribution is 5.77. The van der Waals surface area contributed by atoms with Crippen molar-refractivity contribution in [3.05, 3.63) is 47.2 Å². The number of anilines is 1. The van der Waals surface area contributed by atoms with E-state index in [1.54, 1.807) is 12.4 Å². The Morgan fingerprint density at radius 1 is 1.14 bits per heavy atom. The molecule has 1 spiro atoms. The van der Waals surface area contributed by atoms with Gasteiger partial charge in [-0.15, -0.1) is 0 Å². The molecule has 2 aromatic heterocycles. The molecule has 0 radical (unpaired) electrons. The predicted molar refractivity (Wildman–Crippen MR) is 109 cm³/mol. The summed E-state index contributed by atoms with van der Waals surface area (Å²) in [5.41, 5.74) is 3.25. The van der Waals surface area contributed by atoms with Crippen molar-refractivity contribution in [2.75, 3.05) is 24.5 Å². The first-order valence-electron chi connectivity index (χ1n) is 10.2. The Bertz CT molecular complexity index is 951. The molecular weight excluding hydrogens is 364 g/mol. The Hall–Kier alpha value is -3.01. The molecule has 7 nitrogen and oxygen atoms in total. The van der Waals surface area contributed by atoms with Gasteiger partial charge in [0, 0.05) is 43.4 Å². The predicted octanol–water partition coefficient (Wildman–Crippen LogP) is 2.77. The third-order valence-electron chi connectivity index (χ3n) is 6.03. The molecule has 2 fully saturated rings. The fourth-order valence-electron chi connectivity index (χ4n) is 4.54. The average molecular weight is 390 g/mol. The average Bonchev–Trinajstić information content (AvgIpc) is 2.73. The van der Waals surface area contributed by atoms with Crippen molar-refractivity contribution in [2.24, 2.45) is 5.41 Å². The van der Waals surface area contributed by atoms with E-state index in [9.17, 15) is 10.1 Å². The lowest BCUT2D eigenvalue weighted by atomic mass is 9.73. The van der Waals surface area contributed by atoms with Gasteiger partial charge in [0.1, 0.15) is 11.9 Å². The molecule has 0 saturated carbocycles. The smallest absolute Gasteiger partial charge is 0.222 e. The fourth-order valence-corrected chi connectivity index (χ4v) is 4.54. The molecule has 0 N–H and O–H groups in total. The van der Waals surface area contributed by atoms with Gasteiger partial charge < -0.3 is 9.80 Å². The molecule has 2 aliphatic rings. The summed E-state index contributed by atoms with van der Waals surface area (Å²) in [6.45, 7) is 6.79. The quantitative estimate of drug-likeness (QED) is 0.801. The SMILES string of the molecule is Cc1cnc(CN2C[C@@]3(CCCN(c4nc(C)ccc4C#N)C3)CCC2=O)cn1. The number of aryl methyl sites for hydroxylation is 2. The van der Waals surface area contributed by atoms with Gasteiger partial charge in [0.25, 0.3) is 0 Å². The summed E-state index contributed by atoms with van der Waals surface area (Å²) in [7, 11) is 0. The van der Waals surface area contributed by atoms with Crippen LogP contribution >= 0.6 is 0 Å². The van der Waals surface area contributed by atoms with E-state index in [0.717, 1.165) is 55.3 Å². The molecule has 0 unspecified atom stereocenters. The van der Waals surface area contributed by atoms with Crippen LogP contribution < -0.4 is 4.90 Å². The number of pyridine rings is 1. The van der Waals surface area contributed by atoms with Crippen molar-refractivity contribution < 1.29 is 4.79 Å². The van der Waals surface area contributed by atoms with E-state index in [2.05, 4.69) is 25.9 Å². The topological polar surface area (TPSA) is 86.0 Å². The van der Waals surface area contributed by atoms with Crippen LogP contribution in [0.3, 0.4) is 0 Å². The molecule has 7 heteroatoms. The number of carbonyl (C=O) groups excluding carboxylic acids is 1. The van der Waals surface area contributed by atoms with Crippen LogP contribution in [0.4, 0.5) is 5.82 Å². The molecule has 2 saturated heterocycles. The fraction of sp³-hybridized carbons (Fsp3) is 0.500. The summed E-state index contributed by atoms with van der Waals surface area (Å²) in [5.74, 6) is 0.959. The Morgan fingerprint density at radius 2 is 2.00 bits per heavy atom. The number of hydrogen-bond acceptors (Lipinski definition) is 6. The number of carbonyl (C=O) groups is 1. The summed E-state index contributed by atoms with van der Waals surface area (Å²) in [4.78, 5) is 30.2. The van der Waals surface area contributed by atoms with Gasteiger partial charge in [-0.25, -0.2) is 4.98 Å². The number of rotatable bonds is 3. The summed E-state index contributed by atoms with van der Waals surface area (Å²) < 4.78 is 0. The third kappa shape index (κ3) is 4.07. The van der Waals surface area contributed by atoms with E-state index in [1.807, 2.05) is 30.9 Å². The van der Waals surface area contributed by atoms with Crippen molar-refractivity contribution in [1.29, 1.82) is 5.26 Å². The lowest BCUT2D eigenvalue weighted by molar-refractivity contribution is -0.138. The van der Waals surface area contributed by atoms with Crippen molar-refractivity contribution in [1.82, 2.24) is 19.9 Å². The van der Waals surface area contributed by atoms with Gasteiger partial charge in [-0.3, -0.25) is 14.8 Å². The zero-order valence-corrected chi connectivity index (χ0v) is 17.1. The molecule has 2 aromatic rings. The van der Waals surface area contributed by atoms with Gasteiger partial charge in [0.15, 0.2) is 0 Å². The van der Waals surface area contributed by atoms with Gasteiger partial charge in [-0.05, 0) is 45.2 Å². The maximum Gasteiger partial charge on any atom is 0.222 e. The van der Waals surface area contributed by atoms with Crippen LogP contribution in [0.1, 0.15) is 48.3 Å². The van der Waals surface area contributed by atoms with Crippen LogP contribution in [-0.4, -0.2) is 45.4 Å². The van der Waals surface area contributed by atoms with Gasteiger partial charge in [-0.2, -0.15) is 5.26 Å². The number of aromatic nitrogens is 3. The number of piperidine rings is 2. The van der Waals surface area contributed by atoms with Crippen LogP contribution in [0.2, 0.25) is 0 Å². The van der Waals surface area contributed by atoms with Gasteiger partial charge in [-0.1, -0.05) is 0 Å². The molecule has 0 aliphatic carbocycles. The number of amides is 1. The second-order valence-electron chi connectivity index (χ2n) is 8.36. The van der Waals surface area contributed by atoms with E-state index in [0.29, 0.717) is 25.1 Å². The first-order valence-corrected chi connectivity index (χ1v) is 10.2. The van der Waals surface area contributed by atoms with Crippen molar-refractivity contribution in [3.63, 3.8) is 0 Å². The van der Waals surface area contributed by atoms with Crippen molar-refractivity contribution in [3.8, 4) is 6.07 Å². The molecule has 2 aliphatic heterocycles. The Kier molecular flexibility index (Phi) is 5.18. The molecule has 4 rings (SSSR count). The van der Waals surface area contributed by atoms with Crippen LogP contribution in [0.25, 0.3) is 0 Å². The van der Waals surface area contributed by atoms with E-state index in [-0.39, 0.29) is 11.3 Å². The Balaban J connectivity index is 1.54. The second-order valence-corrected chi connectivity index (χ2v) is 8.36. The normalized spacial score (nSPS) is 22.0. The lowest BCUT2D eigenvalue weighted by Crippen LogP contribution is -2.54. The minimum absolute atomic E-state index is 0.0302. The first-order chi connectivity index (χ1) is 14.0. The maximum absolute atomic E-state index is 12.6. The van der Waals surface area contributed by atoms with Crippen molar-refractivity contribution >= 4 is 11.7 Å². The van der Waals surface area contributed by atoms with Gasteiger partial charge >= 0.3 is 0 Å². The summed E-state index contributed by atoms with van der Waals surface area (Å²) in [6, 6.07) is 6.01. The molecule has 150 valence electrons. The molecule has 1 amide bonds. The number of nitriles is 1. The van der Waals surface area contributed by atoms with Gasteiger partial charge in [0.05, 0.1) is 29.7 Å². The number of likely N-dealkylation sites (tertiary alicyclic amines) is 1. The molecule has 4 heterocycles. The van der Waals surface area contributed by atoms with E-state index in [4.69, 9.17) is 0 Å². The van der Waals surface area contributed by atoms with Crippen LogP contribution in [0, 0.1) is 30.6 Å². The molecular formula is C22H26N6O. The van der Waals surface area contributed by atoms with Crippen LogP contribution in [0.15, 0.2) is 24.5 Å². The van der Waals surface area contributed by atoms with E-state index >= 15 is 0 Å². The van der Waals surface area contributed by atoms with Crippen molar-refractivity contribution in [2.45, 2.75) is 46.1 Å². The monoisotopic (exact) mass is 390 g/mol. The number of nitrogens with zero attached hydrogens (tertiary/aromatic N) is 6. The Morgan fingerprint density at radius 3 is 2.76 bits per heavy atom. The minimum atomic E-state index is 0.0302. The highest BCUT2D eigenvalue weighted by atomic mass is 16.2. The van der Waals surface area contributed by atoms with E-state index < -0.39 is 0 Å². The van der Waals surface area contributed by atoms with Gasteiger partial charge in [0.2, 0.25) is 5.91 Å². The van der Waals surface area contributed by atoms with Crippen LogP contribution in [0.5, 0.6) is 0 Å². The molecule has 0 bridgehead atoms. The largest absolute Gasteiger partial charge is 0.355 e. The summed E-state index contributed by atoms with van der Waals surface area (Å²) in [6.07, 6.45) is 7.06. The molecule has 0 aromatic carbocycles. The van der Waals surface area contributed by atoms with E-state index in [1.165, 1.54) is 0 Å². The highest BCUT2D eigenvalue weighted by Crippen LogP contribution is 2.40. The minimum Gasteiger partial charge on any atom is -0.355 e. The second kappa shape index (κ2) is 7.78. The summed E-state index contributed by atoms with van der Waals surface area (Å²) in [5, 5.41) is 9.52. The zero-order valence-electron chi connectivity index (χ0n) is 17.1. The highest BCUT2D eigenvalue weighted by Gasteiger charge is 2.42. The number of hydrogen-bond donors (Lipinski definition) is 0. The maximum atomic E-state index is 12.6. The zero-order chi connectivity index (χ0) is 20.4. The first kappa shape index (κ1) is 19.3.